The molecule has 28 heavy (non-hydrogen) atoms. The van der Waals surface area contributed by atoms with Crippen LogP contribution in [0.25, 0.3) is 10.9 Å². The number of ether oxygens (including phenoxy) is 2. The number of benzene rings is 2. The number of anilines is 1. The molecule has 2 aromatic carbocycles. The first kappa shape index (κ1) is 16.5. The molecule has 0 spiro atoms. The van der Waals surface area contributed by atoms with Crippen LogP contribution < -0.4 is 14.8 Å². The lowest BCUT2D eigenvalue weighted by Gasteiger charge is -2.09. The van der Waals surface area contributed by atoms with E-state index in [0.717, 1.165) is 45.8 Å². The van der Waals surface area contributed by atoms with Gasteiger partial charge in [0.1, 0.15) is 12.1 Å². The molecule has 0 aliphatic carbocycles. The number of hydrogen-bond acceptors (Lipinski definition) is 8. The minimum Gasteiger partial charge on any atom is -0.454 e. The Kier molecular flexibility index (Phi) is 4.01. The number of nitrogens with one attached hydrogen (secondary N) is 1. The van der Waals surface area contributed by atoms with E-state index in [-0.39, 0.29) is 6.79 Å². The summed E-state index contributed by atoms with van der Waals surface area (Å²) in [6, 6.07) is 12.2. The predicted octanol–water partition coefficient (Wildman–Crippen LogP) is 3.25. The number of nitrogens with zero attached hydrogens (tertiary/aromatic N) is 4. The first-order chi connectivity index (χ1) is 13.7. The molecule has 0 amide bonds. The zero-order chi connectivity index (χ0) is 18.9. The second kappa shape index (κ2) is 6.80. The van der Waals surface area contributed by atoms with Crippen LogP contribution in [-0.4, -0.2) is 26.9 Å². The molecule has 0 saturated heterocycles. The lowest BCUT2D eigenvalue weighted by atomic mass is 10.0. The summed E-state index contributed by atoms with van der Waals surface area (Å²) < 4.78 is 16.0. The molecular formula is C20H17N5O3. The highest BCUT2D eigenvalue weighted by Crippen LogP contribution is 2.33. The van der Waals surface area contributed by atoms with Gasteiger partial charge in [-0.25, -0.2) is 9.97 Å². The van der Waals surface area contributed by atoms with E-state index in [1.54, 1.807) is 13.3 Å². The first-order valence-electron chi connectivity index (χ1n) is 8.90. The maximum absolute atomic E-state index is 5.47. The summed E-state index contributed by atoms with van der Waals surface area (Å²) in [5.74, 6) is 3.43. The zero-order valence-electron chi connectivity index (χ0n) is 15.2. The molecule has 0 unspecified atom stereocenters. The van der Waals surface area contributed by atoms with Gasteiger partial charge in [0.05, 0.1) is 12.1 Å². The second-order valence-corrected chi connectivity index (χ2v) is 6.53. The molecule has 8 nitrogen and oxygen atoms in total. The van der Waals surface area contributed by atoms with Gasteiger partial charge < -0.3 is 19.3 Å². The van der Waals surface area contributed by atoms with E-state index in [9.17, 15) is 0 Å². The molecule has 0 saturated carbocycles. The first-order valence-corrected chi connectivity index (χ1v) is 8.90. The van der Waals surface area contributed by atoms with Gasteiger partial charge in [0.2, 0.25) is 12.7 Å². The topological polar surface area (TPSA) is 95.2 Å². The lowest BCUT2D eigenvalue weighted by molar-refractivity contribution is 0.174. The van der Waals surface area contributed by atoms with Crippen LogP contribution in [0.4, 0.5) is 5.82 Å². The fourth-order valence-electron chi connectivity index (χ4n) is 3.21. The van der Waals surface area contributed by atoms with Gasteiger partial charge >= 0.3 is 0 Å². The van der Waals surface area contributed by atoms with E-state index < -0.39 is 0 Å². The Labute approximate surface area is 160 Å². The average Bonchev–Trinajstić information content (AvgIpc) is 3.34. The molecule has 140 valence electrons. The number of aryl methyl sites for hydroxylation is 1. The highest BCUT2D eigenvalue weighted by Gasteiger charge is 2.14. The van der Waals surface area contributed by atoms with Crippen molar-refractivity contribution in [3.05, 3.63) is 65.6 Å². The van der Waals surface area contributed by atoms with Crippen LogP contribution >= 0.6 is 0 Å². The van der Waals surface area contributed by atoms with E-state index in [2.05, 4.69) is 43.6 Å². The molecule has 5 rings (SSSR count). The van der Waals surface area contributed by atoms with Crippen LogP contribution in [0.2, 0.25) is 0 Å². The summed E-state index contributed by atoms with van der Waals surface area (Å²) in [5, 5.41) is 8.00. The zero-order valence-corrected chi connectivity index (χ0v) is 15.2. The van der Waals surface area contributed by atoms with Gasteiger partial charge in [0, 0.05) is 5.39 Å². The van der Waals surface area contributed by atoms with E-state index in [1.165, 1.54) is 0 Å². The number of rotatable bonds is 5. The fraction of sp³-hybridized carbons (Fsp3) is 0.200. The van der Waals surface area contributed by atoms with Crippen molar-refractivity contribution in [2.75, 3.05) is 12.1 Å². The van der Waals surface area contributed by atoms with Crippen LogP contribution in [0.5, 0.6) is 11.5 Å². The van der Waals surface area contributed by atoms with Gasteiger partial charge in [-0.2, -0.15) is 4.98 Å². The maximum atomic E-state index is 5.47. The number of fused-ring (bicyclic) bond motifs is 2. The largest absolute Gasteiger partial charge is 0.454 e. The maximum Gasteiger partial charge on any atom is 0.245 e. The van der Waals surface area contributed by atoms with Crippen molar-refractivity contribution < 1.29 is 14.0 Å². The van der Waals surface area contributed by atoms with E-state index in [4.69, 9.17) is 14.0 Å². The molecule has 2 aromatic heterocycles. The molecule has 8 heteroatoms. The number of hydrogen-bond donors (Lipinski definition) is 1. The van der Waals surface area contributed by atoms with Crippen molar-refractivity contribution in [1.82, 2.24) is 20.1 Å². The standard InChI is InChI=1S/C20H17N5O3/c1-12-24-19(28-25-12)9-21-20-15-7-13(2-4-16(15)22-10-23-20)6-14-3-5-17-18(8-14)27-11-26-17/h2-5,7-8,10H,6,9,11H2,1H3,(H,21,22,23). The van der Waals surface area contributed by atoms with Gasteiger partial charge in [-0.05, 0) is 48.7 Å². The van der Waals surface area contributed by atoms with Crippen molar-refractivity contribution in [2.24, 2.45) is 0 Å². The van der Waals surface area contributed by atoms with Crippen molar-refractivity contribution >= 4 is 16.7 Å². The smallest absolute Gasteiger partial charge is 0.245 e. The SMILES string of the molecule is Cc1noc(CNc2ncnc3ccc(Cc4ccc5c(c4)OCO5)cc23)n1. The molecule has 3 heterocycles. The fourth-order valence-corrected chi connectivity index (χ4v) is 3.21. The highest BCUT2D eigenvalue weighted by molar-refractivity contribution is 5.89. The summed E-state index contributed by atoms with van der Waals surface area (Å²) in [4.78, 5) is 12.9. The predicted molar refractivity (Wildman–Crippen MR) is 101 cm³/mol. The Morgan fingerprint density at radius 3 is 2.75 bits per heavy atom. The molecular weight excluding hydrogens is 358 g/mol. The van der Waals surface area contributed by atoms with Crippen molar-refractivity contribution in [2.45, 2.75) is 19.9 Å². The quantitative estimate of drug-likeness (QED) is 0.568. The van der Waals surface area contributed by atoms with E-state index >= 15 is 0 Å². The van der Waals surface area contributed by atoms with Gasteiger partial charge in [0.15, 0.2) is 17.3 Å². The third-order valence-electron chi connectivity index (χ3n) is 4.52. The normalized spacial score (nSPS) is 12.5. The minimum absolute atomic E-state index is 0.278. The Morgan fingerprint density at radius 1 is 1.00 bits per heavy atom. The van der Waals surface area contributed by atoms with Crippen LogP contribution in [0, 0.1) is 6.92 Å². The Hall–Kier alpha value is -3.68. The second-order valence-electron chi connectivity index (χ2n) is 6.53. The minimum atomic E-state index is 0.278. The highest BCUT2D eigenvalue weighted by atomic mass is 16.7. The third-order valence-corrected chi connectivity index (χ3v) is 4.52. The molecule has 1 aliphatic heterocycles. The summed E-state index contributed by atoms with van der Waals surface area (Å²) >= 11 is 0. The molecule has 1 aliphatic rings. The summed E-state index contributed by atoms with van der Waals surface area (Å²) in [5.41, 5.74) is 3.17. The Bertz CT molecular complexity index is 1160. The van der Waals surface area contributed by atoms with Gasteiger partial charge in [-0.3, -0.25) is 0 Å². The molecule has 4 aromatic rings. The third kappa shape index (κ3) is 3.20. The molecule has 0 bridgehead atoms. The summed E-state index contributed by atoms with van der Waals surface area (Å²) in [6.07, 6.45) is 2.31. The van der Waals surface area contributed by atoms with Crippen molar-refractivity contribution in [1.29, 1.82) is 0 Å². The van der Waals surface area contributed by atoms with Crippen molar-refractivity contribution in [3.63, 3.8) is 0 Å². The summed E-state index contributed by atoms with van der Waals surface area (Å²) in [6.45, 7) is 2.47. The molecule has 0 atom stereocenters. The van der Waals surface area contributed by atoms with E-state index in [0.29, 0.717) is 18.3 Å². The lowest BCUT2D eigenvalue weighted by Crippen LogP contribution is -2.03. The molecule has 1 N–H and O–H groups in total. The monoisotopic (exact) mass is 375 g/mol. The van der Waals surface area contributed by atoms with Gasteiger partial charge in [0.25, 0.3) is 0 Å². The van der Waals surface area contributed by atoms with Crippen LogP contribution in [0.1, 0.15) is 22.8 Å². The van der Waals surface area contributed by atoms with Gasteiger partial charge in [-0.15, -0.1) is 0 Å². The van der Waals surface area contributed by atoms with Crippen LogP contribution in [-0.2, 0) is 13.0 Å². The van der Waals surface area contributed by atoms with Gasteiger partial charge in [-0.1, -0.05) is 17.3 Å². The van der Waals surface area contributed by atoms with Crippen LogP contribution in [0.15, 0.2) is 47.2 Å². The molecule has 0 radical (unpaired) electrons. The molecule has 0 fully saturated rings. The average molecular weight is 375 g/mol. The van der Waals surface area contributed by atoms with Crippen LogP contribution in [0.3, 0.4) is 0 Å². The van der Waals surface area contributed by atoms with E-state index in [1.807, 2.05) is 18.2 Å². The Balaban J connectivity index is 1.41. The summed E-state index contributed by atoms with van der Waals surface area (Å²) in [7, 11) is 0. The number of aromatic nitrogens is 4. The van der Waals surface area contributed by atoms with Crippen molar-refractivity contribution in [3.8, 4) is 11.5 Å². The Morgan fingerprint density at radius 2 is 1.86 bits per heavy atom.